The van der Waals surface area contributed by atoms with Crippen LogP contribution in [-0.4, -0.2) is 4.98 Å². The molecule has 0 bridgehead atoms. The van der Waals surface area contributed by atoms with Crippen LogP contribution in [0.15, 0.2) is 48.7 Å². The van der Waals surface area contributed by atoms with Crippen molar-refractivity contribution >= 4 is 10.8 Å². The molecule has 100 valence electrons. The van der Waals surface area contributed by atoms with E-state index in [9.17, 15) is 4.39 Å². The Morgan fingerprint density at radius 1 is 1.15 bits per heavy atom. The summed E-state index contributed by atoms with van der Waals surface area (Å²) >= 11 is 0. The molecule has 0 saturated carbocycles. The monoisotopic (exact) mass is 266 g/mol. The molecule has 2 nitrogen and oxygen atoms in total. The first-order chi connectivity index (χ1) is 9.70. The Hall–Kier alpha value is -2.26. The minimum atomic E-state index is -0.243. The van der Waals surface area contributed by atoms with Gasteiger partial charge in [0.05, 0.1) is 5.69 Å². The van der Waals surface area contributed by atoms with Gasteiger partial charge in [-0.15, -0.1) is 0 Å². The Kier molecular flexibility index (Phi) is 3.20. The van der Waals surface area contributed by atoms with E-state index < -0.39 is 0 Å². The van der Waals surface area contributed by atoms with Crippen molar-refractivity contribution in [2.24, 2.45) is 5.73 Å². The first-order valence-corrected chi connectivity index (χ1v) is 6.54. The molecule has 0 aliphatic heterocycles. The average Bonchev–Trinajstić information content (AvgIpc) is 2.46. The van der Waals surface area contributed by atoms with Gasteiger partial charge in [0.15, 0.2) is 0 Å². The van der Waals surface area contributed by atoms with Crippen LogP contribution >= 0.6 is 0 Å². The van der Waals surface area contributed by atoms with Crippen LogP contribution in [0.25, 0.3) is 21.9 Å². The van der Waals surface area contributed by atoms with Crippen molar-refractivity contribution in [3.8, 4) is 11.1 Å². The molecule has 2 N–H and O–H groups in total. The van der Waals surface area contributed by atoms with Crippen LogP contribution in [0.3, 0.4) is 0 Å². The van der Waals surface area contributed by atoms with Crippen molar-refractivity contribution < 1.29 is 4.39 Å². The standard InChI is InChI=1S/C17H15FN2/c1-11-4-2-7-14-16(9-19)20-10-15(17(11)14)12-5-3-6-13(18)8-12/h2-8,10H,9,19H2,1H3. The predicted molar refractivity (Wildman–Crippen MR) is 79.8 cm³/mol. The Labute approximate surface area is 117 Å². The highest BCUT2D eigenvalue weighted by Gasteiger charge is 2.10. The smallest absolute Gasteiger partial charge is 0.123 e. The molecule has 3 rings (SSSR count). The minimum Gasteiger partial charge on any atom is -0.325 e. The van der Waals surface area contributed by atoms with Gasteiger partial charge in [-0.2, -0.15) is 0 Å². The van der Waals surface area contributed by atoms with E-state index in [1.807, 2.05) is 31.2 Å². The lowest BCUT2D eigenvalue weighted by atomic mass is 9.96. The number of hydrogen-bond donors (Lipinski definition) is 1. The van der Waals surface area contributed by atoms with Crippen LogP contribution in [0, 0.1) is 12.7 Å². The van der Waals surface area contributed by atoms with Gasteiger partial charge in [0, 0.05) is 23.7 Å². The number of rotatable bonds is 2. The van der Waals surface area contributed by atoms with Crippen molar-refractivity contribution in [1.29, 1.82) is 0 Å². The third kappa shape index (κ3) is 2.06. The molecule has 0 unspecified atom stereocenters. The third-order valence-electron chi connectivity index (χ3n) is 3.53. The van der Waals surface area contributed by atoms with Crippen molar-refractivity contribution in [3.05, 3.63) is 65.7 Å². The Balaban J connectivity index is 2.37. The van der Waals surface area contributed by atoms with Crippen LogP contribution in [0.1, 0.15) is 11.3 Å². The van der Waals surface area contributed by atoms with Crippen molar-refractivity contribution in [1.82, 2.24) is 4.98 Å². The molecular weight excluding hydrogens is 251 g/mol. The van der Waals surface area contributed by atoms with E-state index in [4.69, 9.17) is 5.73 Å². The van der Waals surface area contributed by atoms with Gasteiger partial charge in [0.1, 0.15) is 5.82 Å². The summed E-state index contributed by atoms with van der Waals surface area (Å²) in [5.41, 5.74) is 9.53. The molecule has 0 radical (unpaired) electrons. The van der Waals surface area contributed by atoms with Crippen molar-refractivity contribution in [2.45, 2.75) is 13.5 Å². The quantitative estimate of drug-likeness (QED) is 0.766. The number of fused-ring (bicyclic) bond motifs is 1. The topological polar surface area (TPSA) is 38.9 Å². The van der Waals surface area contributed by atoms with E-state index in [1.165, 1.54) is 12.1 Å². The molecule has 3 aromatic rings. The van der Waals surface area contributed by atoms with E-state index in [-0.39, 0.29) is 5.82 Å². The fourth-order valence-electron chi connectivity index (χ4n) is 2.58. The molecule has 0 saturated heterocycles. The van der Waals surface area contributed by atoms with Crippen LogP contribution in [-0.2, 0) is 6.54 Å². The molecule has 0 spiro atoms. The lowest BCUT2D eigenvalue weighted by Gasteiger charge is -2.12. The highest BCUT2D eigenvalue weighted by Crippen LogP contribution is 2.32. The Morgan fingerprint density at radius 2 is 1.95 bits per heavy atom. The third-order valence-corrected chi connectivity index (χ3v) is 3.53. The summed E-state index contributed by atoms with van der Waals surface area (Å²) in [5.74, 6) is -0.243. The molecule has 0 atom stereocenters. The molecule has 3 heteroatoms. The lowest BCUT2D eigenvalue weighted by molar-refractivity contribution is 0.628. The van der Waals surface area contributed by atoms with Gasteiger partial charge >= 0.3 is 0 Å². The molecular formula is C17H15FN2. The van der Waals surface area contributed by atoms with Gasteiger partial charge in [-0.1, -0.05) is 30.3 Å². The zero-order valence-corrected chi connectivity index (χ0v) is 11.2. The number of hydrogen-bond acceptors (Lipinski definition) is 2. The first-order valence-electron chi connectivity index (χ1n) is 6.54. The van der Waals surface area contributed by atoms with Gasteiger partial charge in [0.2, 0.25) is 0 Å². The molecule has 2 aromatic carbocycles. The zero-order valence-electron chi connectivity index (χ0n) is 11.2. The van der Waals surface area contributed by atoms with Gasteiger partial charge in [-0.3, -0.25) is 4.98 Å². The highest BCUT2D eigenvalue weighted by atomic mass is 19.1. The fourth-order valence-corrected chi connectivity index (χ4v) is 2.58. The van der Waals surface area contributed by atoms with Crippen LogP contribution in [0.2, 0.25) is 0 Å². The SMILES string of the molecule is Cc1cccc2c(CN)ncc(-c3cccc(F)c3)c12. The molecule has 1 heterocycles. The fraction of sp³-hybridized carbons (Fsp3) is 0.118. The molecule has 0 amide bonds. The summed E-state index contributed by atoms with van der Waals surface area (Å²) in [7, 11) is 0. The second kappa shape index (κ2) is 5.02. The van der Waals surface area contributed by atoms with E-state index in [1.54, 1.807) is 12.3 Å². The maximum atomic E-state index is 13.5. The highest BCUT2D eigenvalue weighted by molar-refractivity contribution is 5.99. The van der Waals surface area contributed by atoms with Crippen LogP contribution < -0.4 is 5.73 Å². The molecule has 1 aromatic heterocycles. The van der Waals surface area contributed by atoms with Crippen molar-refractivity contribution in [3.63, 3.8) is 0 Å². The van der Waals surface area contributed by atoms with E-state index in [0.717, 1.165) is 33.2 Å². The summed E-state index contributed by atoms with van der Waals surface area (Å²) in [4.78, 5) is 4.43. The minimum absolute atomic E-state index is 0.243. The Bertz CT molecular complexity index is 781. The number of benzene rings is 2. The largest absolute Gasteiger partial charge is 0.325 e. The van der Waals surface area contributed by atoms with Crippen molar-refractivity contribution in [2.75, 3.05) is 0 Å². The second-order valence-electron chi connectivity index (χ2n) is 4.83. The molecule has 0 fully saturated rings. The van der Waals surface area contributed by atoms with Gasteiger partial charge in [0.25, 0.3) is 0 Å². The summed E-state index contributed by atoms with van der Waals surface area (Å²) < 4.78 is 13.5. The average molecular weight is 266 g/mol. The number of halogens is 1. The zero-order chi connectivity index (χ0) is 14.1. The second-order valence-corrected chi connectivity index (χ2v) is 4.83. The number of nitrogens with zero attached hydrogens (tertiary/aromatic N) is 1. The maximum absolute atomic E-state index is 13.5. The molecule has 0 aliphatic rings. The number of pyridine rings is 1. The normalized spacial score (nSPS) is 10.9. The summed E-state index contributed by atoms with van der Waals surface area (Å²) in [6, 6.07) is 12.6. The summed E-state index contributed by atoms with van der Waals surface area (Å²) in [5, 5.41) is 2.13. The van der Waals surface area contributed by atoms with Crippen LogP contribution in [0.4, 0.5) is 4.39 Å². The maximum Gasteiger partial charge on any atom is 0.123 e. The molecule has 0 aliphatic carbocycles. The lowest BCUT2D eigenvalue weighted by Crippen LogP contribution is -2.01. The Morgan fingerprint density at radius 3 is 2.70 bits per heavy atom. The van der Waals surface area contributed by atoms with E-state index >= 15 is 0 Å². The molecule has 20 heavy (non-hydrogen) atoms. The van der Waals surface area contributed by atoms with Gasteiger partial charge in [-0.25, -0.2) is 4.39 Å². The number of aromatic nitrogens is 1. The summed E-state index contributed by atoms with van der Waals surface area (Å²) in [6.45, 7) is 2.44. The van der Waals surface area contributed by atoms with E-state index in [0.29, 0.717) is 6.54 Å². The summed E-state index contributed by atoms with van der Waals surface area (Å²) in [6.07, 6.45) is 1.78. The predicted octanol–water partition coefficient (Wildman–Crippen LogP) is 3.81. The van der Waals surface area contributed by atoms with Gasteiger partial charge in [-0.05, 0) is 35.6 Å². The van der Waals surface area contributed by atoms with Crippen LogP contribution in [0.5, 0.6) is 0 Å². The van der Waals surface area contributed by atoms with E-state index in [2.05, 4.69) is 4.98 Å². The number of aryl methyl sites for hydroxylation is 1. The first kappa shape index (κ1) is 12.8. The number of nitrogens with two attached hydrogens (primary N) is 1. The van der Waals surface area contributed by atoms with Gasteiger partial charge < -0.3 is 5.73 Å².